The third-order valence-electron chi connectivity index (χ3n) is 2.50. The molecule has 1 atom stereocenters. The SMILES string of the molecule is CO[B]NC(Cc1ccc(NCCCl)cc1)C(=O)O. The van der Waals surface area contributed by atoms with Gasteiger partial charge in [-0.15, -0.1) is 11.6 Å². The van der Waals surface area contributed by atoms with Gasteiger partial charge in [-0.1, -0.05) is 12.1 Å². The number of alkyl halides is 1. The van der Waals surface area contributed by atoms with Crippen molar-refractivity contribution in [2.45, 2.75) is 12.5 Å². The number of rotatable bonds is 9. The second-order valence-electron chi connectivity index (χ2n) is 3.93. The van der Waals surface area contributed by atoms with E-state index >= 15 is 0 Å². The van der Waals surface area contributed by atoms with Gasteiger partial charge in [-0.2, -0.15) is 0 Å². The number of anilines is 1. The van der Waals surface area contributed by atoms with Crippen LogP contribution in [-0.2, 0) is 15.9 Å². The summed E-state index contributed by atoms with van der Waals surface area (Å²) in [6, 6.07) is 6.88. The second-order valence-corrected chi connectivity index (χ2v) is 4.31. The van der Waals surface area contributed by atoms with Crippen molar-refractivity contribution >= 4 is 30.9 Å². The zero-order valence-corrected chi connectivity index (χ0v) is 11.5. The molecule has 1 aromatic rings. The number of hydrogen-bond acceptors (Lipinski definition) is 4. The van der Waals surface area contributed by atoms with Crippen LogP contribution in [0.1, 0.15) is 5.56 Å². The molecule has 0 spiro atoms. The maximum Gasteiger partial charge on any atom is 0.396 e. The fourth-order valence-corrected chi connectivity index (χ4v) is 1.65. The fraction of sp³-hybridized carbons (Fsp3) is 0.417. The molecule has 1 aromatic carbocycles. The number of benzene rings is 1. The Balaban J connectivity index is 2.56. The van der Waals surface area contributed by atoms with E-state index in [1.165, 1.54) is 14.7 Å². The predicted molar refractivity (Wildman–Crippen MR) is 76.7 cm³/mol. The maximum absolute atomic E-state index is 11.1. The Morgan fingerprint density at radius 2 is 2.16 bits per heavy atom. The zero-order valence-electron chi connectivity index (χ0n) is 10.7. The van der Waals surface area contributed by atoms with Crippen LogP contribution in [0.25, 0.3) is 0 Å². The van der Waals surface area contributed by atoms with Crippen molar-refractivity contribution in [2.75, 3.05) is 24.9 Å². The van der Waals surface area contributed by atoms with Gasteiger partial charge in [0.2, 0.25) is 0 Å². The Hall–Kier alpha value is -1.24. The van der Waals surface area contributed by atoms with Gasteiger partial charge in [-0.25, -0.2) is 0 Å². The van der Waals surface area contributed by atoms with Crippen molar-refractivity contribution in [3.05, 3.63) is 29.8 Å². The quantitative estimate of drug-likeness (QED) is 0.468. The first-order valence-corrected chi connectivity index (χ1v) is 6.43. The van der Waals surface area contributed by atoms with Crippen LogP contribution in [0, 0.1) is 0 Å². The average Bonchev–Trinajstić information content (AvgIpc) is 2.42. The Labute approximate surface area is 118 Å². The summed E-state index contributed by atoms with van der Waals surface area (Å²) in [6.07, 6.45) is 0.380. The van der Waals surface area contributed by atoms with Crippen LogP contribution in [-0.4, -0.2) is 44.3 Å². The van der Waals surface area contributed by atoms with Gasteiger partial charge in [-0.3, -0.25) is 4.79 Å². The summed E-state index contributed by atoms with van der Waals surface area (Å²) in [5.41, 5.74) is 1.90. The molecular formula is C12H17BClN2O3. The summed E-state index contributed by atoms with van der Waals surface area (Å²) in [5.74, 6) is -0.378. The van der Waals surface area contributed by atoms with E-state index < -0.39 is 12.0 Å². The van der Waals surface area contributed by atoms with Crippen LogP contribution in [0.15, 0.2) is 24.3 Å². The van der Waals surface area contributed by atoms with Crippen molar-refractivity contribution in [3.8, 4) is 0 Å². The van der Waals surface area contributed by atoms with Crippen molar-refractivity contribution in [2.24, 2.45) is 0 Å². The van der Waals surface area contributed by atoms with E-state index in [0.717, 1.165) is 11.3 Å². The molecule has 1 unspecified atom stereocenters. The molecule has 0 aliphatic carbocycles. The first kappa shape index (κ1) is 15.8. The van der Waals surface area contributed by atoms with Crippen LogP contribution >= 0.6 is 11.6 Å². The third kappa shape index (κ3) is 5.96. The van der Waals surface area contributed by atoms with Crippen LogP contribution in [0.5, 0.6) is 0 Å². The predicted octanol–water partition coefficient (Wildman–Crippen LogP) is 1.10. The first-order valence-electron chi connectivity index (χ1n) is 5.89. The smallest absolute Gasteiger partial charge is 0.396 e. The molecule has 0 saturated carbocycles. The molecule has 7 heteroatoms. The topological polar surface area (TPSA) is 70.6 Å². The number of halogens is 1. The van der Waals surface area contributed by atoms with E-state index in [0.29, 0.717) is 18.8 Å². The molecule has 5 nitrogen and oxygen atoms in total. The summed E-state index contributed by atoms with van der Waals surface area (Å²) in [5, 5.41) is 14.9. The molecule has 0 fully saturated rings. The van der Waals surface area contributed by atoms with E-state index in [1.807, 2.05) is 24.3 Å². The number of carboxylic acid groups (broad SMARTS) is 1. The lowest BCUT2D eigenvalue weighted by atomic mass is 10.0. The van der Waals surface area contributed by atoms with Crippen molar-refractivity contribution in [1.82, 2.24) is 5.23 Å². The van der Waals surface area contributed by atoms with Gasteiger partial charge in [-0.05, 0) is 24.1 Å². The lowest BCUT2D eigenvalue weighted by Crippen LogP contribution is -2.41. The molecule has 0 aliphatic rings. The Kier molecular flexibility index (Phi) is 7.32. The highest BCUT2D eigenvalue weighted by atomic mass is 35.5. The number of carbonyl (C=O) groups is 1. The molecule has 103 valence electrons. The molecule has 1 rings (SSSR count). The molecule has 0 aromatic heterocycles. The van der Waals surface area contributed by atoms with E-state index in [1.54, 1.807) is 0 Å². The highest BCUT2D eigenvalue weighted by Gasteiger charge is 2.17. The number of hydrogen-bond donors (Lipinski definition) is 3. The summed E-state index contributed by atoms with van der Waals surface area (Å²) >= 11 is 5.58. The first-order chi connectivity index (χ1) is 9.17. The standard InChI is InChI=1S/C12H17BClN2O3/c1-19-13-16-11(12(17)18)8-9-2-4-10(5-3-9)15-7-6-14/h2-5,11,15-16H,6-8H2,1H3,(H,17,18). The van der Waals surface area contributed by atoms with Crippen LogP contribution in [0.2, 0.25) is 0 Å². The van der Waals surface area contributed by atoms with Crippen LogP contribution < -0.4 is 10.5 Å². The molecule has 0 bridgehead atoms. The lowest BCUT2D eigenvalue weighted by molar-refractivity contribution is -0.139. The van der Waals surface area contributed by atoms with Crippen molar-refractivity contribution < 1.29 is 14.6 Å². The van der Waals surface area contributed by atoms with E-state index in [4.69, 9.17) is 21.4 Å². The van der Waals surface area contributed by atoms with Gasteiger partial charge in [0.25, 0.3) is 0 Å². The largest absolute Gasteiger partial charge is 0.480 e. The highest BCUT2D eigenvalue weighted by molar-refractivity contribution is 6.24. The Morgan fingerprint density at radius 1 is 1.47 bits per heavy atom. The van der Waals surface area contributed by atoms with Crippen molar-refractivity contribution in [3.63, 3.8) is 0 Å². The molecule has 0 heterocycles. The number of nitrogens with one attached hydrogen (secondary N) is 2. The third-order valence-corrected chi connectivity index (χ3v) is 2.69. The summed E-state index contributed by atoms with van der Waals surface area (Å²) < 4.78 is 4.70. The monoisotopic (exact) mass is 283 g/mol. The molecule has 0 aliphatic heterocycles. The normalized spacial score (nSPS) is 11.9. The van der Waals surface area contributed by atoms with Crippen LogP contribution in [0.3, 0.4) is 0 Å². The number of carboxylic acids is 1. The van der Waals surface area contributed by atoms with E-state index in [9.17, 15) is 4.79 Å². The molecular weight excluding hydrogens is 266 g/mol. The Bertz CT molecular complexity index is 389. The lowest BCUT2D eigenvalue weighted by Gasteiger charge is -2.13. The van der Waals surface area contributed by atoms with Gasteiger partial charge >= 0.3 is 13.6 Å². The summed E-state index contributed by atoms with van der Waals surface area (Å²) in [7, 11) is 2.73. The second kappa shape index (κ2) is 8.80. The number of aliphatic carboxylic acids is 1. The van der Waals surface area contributed by atoms with Gasteiger partial charge in [0.15, 0.2) is 0 Å². The van der Waals surface area contributed by atoms with Crippen LogP contribution in [0.4, 0.5) is 5.69 Å². The van der Waals surface area contributed by atoms with E-state index in [2.05, 4.69) is 10.5 Å². The molecule has 0 saturated heterocycles. The van der Waals surface area contributed by atoms with Gasteiger partial charge in [0, 0.05) is 25.2 Å². The average molecular weight is 284 g/mol. The minimum absolute atomic E-state index is 0.380. The maximum atomic E-state index is 11.1. The Morgan fingerprint density at radius 3 is 2.68 bits per heavy atom. The van der Waals surface area contributed by atoms with Gasteiger partial charge in [0.05, 0.1) is 0 Å². The summed E-state index contributed by atoms with van der Waals surface area (Å²) in [4.78, 5) is 11.1. The van der Waals surface area contributed by atoms with Crippen molar-refractivity contribution in [1.29, 1.82) is 0 Å². The highest BCUT2D eigenvalue weighted by Crippen LogP contribution is 2.11. The fourth-order valence-electron chi connectivity index (χ4n) is 1.55. The minimum Gasteiger partial charge on any atom is -0.480 e. The summed E-state index contributed by atoms with van der Waals surface area (Å²) in [6.45, 7) is 0.697. The van der Waals surface area contributed by atoms with Gasteiger partial charge < -0.3 is 20.3 Å². The van der Waals surface area contributed by atoms with Gasteiger partial charge in [0.1, 0.15) is 6.04 Å². The molecule has 19 heavy (non-hydrogen) atoms. The van der Waals surface area contributed by atoms with E-state index in [-0.39, 0.29) is 0 Å². The zero-order chi connectivity index (χ0) is 14.1. The molecule has 1 radical (unpaired) electrons. The minimum atomic E-state index is -0.919. The molecule has 0 amide bonds. The molecule has 3 N–H and O–H groups in total.